The Morgan fingerprint density at radius 3 is 2.68 bits per heavy atom. The third-order valence-corrected chi connectivity index (χ3v) is 3.43. The molecule has 22 heavy (non-hydrogen) atoms. The number of carbonyl (C=O) groups is 2. The largest absolute Gasteiger partial charge is 0.452 e. The van der Waals surface area contributed by atoms with Crippen molar-refractivity contribution < 1.29 is 14.3 Å². The standard InChI is InChI=1S/C16H15ClN2O3/c1-10-6-7-12(8-18-10)16(21)22-9-15(20)19-14-5-3-4-13(17)11(14)2/h3-8H,9H2,1-2H3,(H,19,20). The maximum atomic E-state index is 11.8. The molecular formula is C16H15ClN2O3. The van der Waals surface area contributed by atoms with Gasteiger partial charge in [0.1, 0.15) is 0 Å². The maximum Gasteiger partial charge on any atom is 0.340 e. The van der Waals surface area contributed by atoms with Crippen molar-refractivity contribution in [1.82, 2.24) is 4.98 Å². The fourth-order valence-corrected chi connectivity index (χ4v) is 1.91. The Morgan fingerprint density at radius 1 is 1.23 bits per heavy atom. The van der Waals surface area contributed by atoms with E-state index < -0.39 is 11.9 Å². The van der Waals surface area contributed by atoms with E-state index in [9.17, 15) is 9.59 Å². The summed E-state index contributed by atoms with van der Waals surface area (Å²) in [5.41, 5.74) is 2.44. The number of rotatable bonds is 4. The van der Waals surface area contributed by atoms with Gasteiger partial charge in [0.25, 0.3) is 5.91 Å². The Labute approximate surface area is 133 Å². The summed E-state index contributed by atoms with van der Waals surface area (Å²) >= 11 is 5.97. The van der Waals surface area contributed by atoms with Gasteiger partial charge in [-0.15, -0.1) is 0 Å². The van der Waals surface area contributed by atoms with Crippen LogP contribution in [0.15, 0.2) is 36.5 Å². The zero-order valence-corrected chi connectivity index (χ0v) is 13.0. The smallest absolute Gasteiger partial charge is 0.340 e. The second-order valence-electron chi connectivity index (χ2n) is 4.72. The molecule has 0 aliphatic carbocycles. The highest BCUT2D eigenvalue weighted by Crippen LogP contribution is 2.22. The average Bonchev–Trinajstić information content (AvgIpc) is 2.50. The van der Waals surface area contributed by atoms with Gasteiger partial charge in [0, 0.05) is 22.6 Å². The van der Waals surface area contributed by atoms with Gasteiger partial charge in [-0.1, -0.05) is 17.7 Å². The van der Waals surface area contributed by atoms with E-state index in [0.717, 1.165) is 11.3 Å². The summed E-state index contributed by atoms with van der Waals surface area (Å²) in [6.45, 7) is 3.23. The molecule has 1 aromatic carbocycles. The summed E-state index contributed by atoms with van der Waals surface area (Å²) in [7, 11) is 0. The number of halogens is 1. The molecule has 1 heterocycles. The van der Waals surface area contributed by atoms with Crippen LogP contribution in [0.3, 0.4) is 0 Å². The van der Waals surface area contributed by atoms with Crippen molar-refractivity contribution in [3.8, 4) is 0 Å². The molecular weight excluding hydrogens is 304 g/mol. The summed E-state index contributed by atoms with van der Waals surface area (Å²) in [6.07, 6.45) is 1.41. The van der Waals surface area contributed by atoms with Gasteiger partial charge < -0.3 is 10.1 Å². The van der Waals surface area contributed by atoms with E-state index in [0.29, 0.717) is 16.3 Å². The summed E-state index contributed by atoms with van der Waals surface area (Å²) in [6, 6.07) is 8.49. The molecule has 0 unspecified atom stereocenters. The third-order valence-electron chi connectivity index (χ3n) is 3.02. The minimum atomic E-state index is -0.592. The fraction of sp³-hybridized carbons (Fsp3) is 0.188. The van der Waals surface area contributed by atoms with Gasteiger partial charge in [0.05, 0.1) is 5.56 Å². The molecule has 1 aromatic heterocycles. The van der Waals surface area contributed by atoms with Gasteiger partial charge in [-0.05, 0) is 43.7 Å². The summed E-state index contributed by atoms with van der Waals surface area (Å²) in [4.78, 5) is 27.6. The van der Waals surface area contributed by atoms with E-state index in [1.165, 1.54) is 6.20 Å². The van der Waals surface area contributed by atoms with E-state index in [-0.39, 0.29) is 6.61 Å². The zero-order valence-electron chi connectivity index (χ0n) is 12.2. The van der Waals surface area contributed by atoms with Crippen LogP contribution in [0.4, 0.5) is 5.69 Å². The lowest BCUT2D eigenvalue weighted by atomic mass is 10.2. The number of pyridine rings is 1. The molecule has 0 saturated heterocycles. The van der Waals surface area contributed by atoms with E-state index in [1.54, 1.807) is 37.3 Å². The molecule has 0 bridgehead atoms. The number of ether oxygens (including phenoxy) is 1. The lowest BCUT2D eigenvalue weighted by Crippen LogP contribution is -2.21. The number of hydrogen-bond donors (Lipinski definition) is 1. The zero-order chi connectivity index (χ0) is 16.1. The van der Waals surface area contributed by atoms with Crippen LogP contribution in [0, 0.1) is 13.8 Å². The number of benzene rings is 1. The number of nitrogens with one attached hydrogen (secondary N) is 1. The molecule has 0 spiro atoms. The summed E-state index contributed by atoms with van der Waals surface area (Å²) < 4.78 is 4.95. The molecule has 2 rings (SSSR count). The van der Waals surface area contributed by atoms with E-state index in [2.05, 4.69) is 10.3 Å². The van der Waals surface area contributed by atoms with Gasteiger partial charge in [-0.3, -0.25) is 9.78 Å². The van der Waals surface area contributed by atoms with Crippen LogP contribution in [0.2, 0.25) is 5.02 Å². The van der Waals surface area contributed by atoms with Gasteiger partial charge >= 0.3 is 5.97 Å². The number of esters is 1. The molecule has 114 valence electrons. The number of nitrogens with zero attached hydrogens (tertiary/aromatic N) is 1. The Kier molecular flexibility index (Phi) is 5.12. The molecule has 5 nitrogen and oxygen atoms in total. The van der Waals surface area contributed by atoms with Crippen molar-refractivity contribution in [2.24, 2.45) is 0 Å². The number of anilines is 1. The first-order valence-electron chi connectivity index (χ1n) is 6.62. The number of aromatic nitrogens is 1. The molecule has 6 heteroatoms. The highest BCUT2D eigenvalue weighted by Gasteiger charge is 2.12. The monoisotopic (exact) mass is 318 g/mol. The van der Waals surface area contributed by atoms with Crippen molar-refractivity contribution >= 4 is 29.2 Å². The highest BCUT2D eigenvalue weighted by atomic mass is 35.5. The van der Waals surface area contributed by atoms with Crippen LogP contribution in [0.5, 0.6) is 0 Å². The number of aryl methyl sites for hydroxylation is 1. The summed E-state index contributed by atoms with van der Waals surface area (Å²) in [5, 5.41) is 3.21. The molecule has 1 N–H and O–H groups in total. The van der Waals surface area contributed by atoms with Gasteiger partial charge in [0.15, 0.2) is 6.61 Å². The van der Waals surface area contributed by atoms with Gasteiger partial charge in [0.2, 0.25) is 0 Å². The van der Waals surface area contributed by atoms with Crippen LogP contribution < -0.4 is 5.32 Å². The van der Waals surface area contributed by atoms with Crippen molar-refractivity contribution in [2.75, 3.05) is 11.9 Å². The molecule has 0 aliphatic rings. The third kappa shape index (κ3) is 4.05. The molecule has 0 fully saturated rings. The van der Waals surface area contributed by atoms with E-state index in [1.807, 2.05) is 6.92 Å². The topological polar surface area (TPSA) is 68.3 Å². The van der Waals surface area contributed by atoms with Crippen LogP contribution in [0.25, 0.3) is 0 Å². The predicted octanol–water partition coefficient (Wildman–Crippen LogP) is 3.15. The summed E-state index contributed by atoms with van der Waals surface area (Å²) in [5.74, 6) is -1.02. The van der Waals surface area contributed by atoms with Crippen LogP contribution in [-0.4, -0.2) is 23.5 Å². The van der Waals surface area contributed by atoms with Crippen LogP contribution >= 0.6 is 11.6 Å². The second kappa shape index (κ2) is 7.04. The van der Waals surface area contributed by atoms with Crippen LogP contribution in [0.1, 0.15) is 21.6 Å². The number of carbonyl (C=O) groups excluding carboxylic acids is 2. The first-order chi connectivity index (χ1) is 10.5. The minimum absolute atomic E-state index is 0.303. The van der Waals surface area contributed by atoms with Crippen molar-refractivity contribution in [1.29, 1.82) is 0 Å². The average molecular weight is 319 g/mol. The molecule has 0 saturated carbocycles. The van der Waals surface area contributed by atoms with E-state index in [4.69, 9.17) is 16.3 Å². The second-order valence-corrected chi connectivity index (χ2v) is 5.13. The van der Waals surface area contributed by atoms with Crippen molar-refractivity contribution in [2.45, 2.75) is 13.8 Å². The lowest BCUT2D eigenvalue weighted by molar-refractivity contribution is -0.119. The SMILES string of the molecule is Cc1ccc(C(=O)OCC(=O)Nc2cccc(Cl)c2C)cn1. The molecule has 0 atom stereocenters. The quantitative estimate of drug-likeness (QED) is 0.879. The molecule has 0 radical (unpaired) electrons. The fourth-order valence-electron chi connectivity index (χ4n) is 1.73. The molecule has 2 aromatic rings. The maximum absolute atomic E-state index is 11.8. The number of amides is 1. The van der Waals surface area contributed by atoms with Crippen molar-refractivity contribution in [3.63, 3.8) is 0 Å². The molecule has 1 amide bonds. The first kappa shape index (κ1) is 16.0. The Morgan fingerprint density at radius 2 is 2.00 bits per heavy atom. The minimum Gasteiger partial charge on any atom is -0.452 e. The Bertz CT molecular complexity index is 699. The lowest BCUT2D eigenvalue weighted by Gasteiger charge is -2.10. The van der Waals surface area contributed by atoms with Gasteiger partial charge in [-0.2, -0.15) is 0 Å². The van der Waals surface area contributed by atoms with Crippen LogP contribution in [-0.2, 0) is 9.53 Å². The number of hydrogen-bond acceptors (Lipinski definition) is 4. The van der Waals surface area contributed by atoms with Gasteiger partial charge in [-0.25, -0.2) is 4.79 Å². The Balaban J connectivity index is 1.91. The van der Waals surface area contributed by atoms with Crippen molar-refractivity contribution in [3.05, 3.63) is 58.4 Å². The first-order valence-corrected chi connectivity index (χ1v) is 7.00. The highest BCUT2D eigenvalue weighted by molar-refractivity contribution is 6.31. The van der Waals surface area contributed by atoms with E-state index >= 15 is 0 Å². The molecule has 0 aliphatic heterocycles. The predicted molar refractivity (Wildman–Crippen MR) is 84.1 cm³/mol. The normalized spacial score (nSPS) is 10.1. The Hall–Kier alpha value is -2.40.